The lowest BCUT2D eigenvalue weighted by atomic mass is 10.0. The predicted octanol–water partition coefficient (Wildman–Crippen LogP) is 0.710. The second-order valence-electron chi connectivity index (χ2n) is 6.42. The first-order valence-electron chi connectivity index (χ1n) is 7.93. The van der Waals surface area contributed by atoms with Gasteiger partial charge in [-0.2, -0.15) is 0 Å². The Morgan fingerprint density at radius 2 is 2.08 bits per heavy atom. The summed E-state index contributed by atoms with van der Waals surface area (Å²) in [5.41, 5.74) is 0.221. The van der Waals surface area contributed by atoms with Gasteiger partial charge in [0.1, 0.15) is 24.1 Å². The normalized spacial score (nSPS) is 31.4. The number of aliphatic hydroxyl groups excluding tert-OH is 2. The zero-order chi connectivity index (χ0) is 18.2. The number of anilines is 1. The summed E-state index contributed by atoms with van der Waals surface area (Å²) in [6, 6.07) is 5.54. The molecular weight excluding hydrogens is 351 g/mol. The van der Waals surface area contributed by atoms with Crippen LogP contribution in [0.3, 0.4) is 0 Å². The van der Waals surface area contributed by atoms with Crippen LogP contribution < -0.4 is 10.6 Å². The van der Waals surface area contributed by atoms with E-state index in [9.17, 15) is 14.6 Å². The van der Waals surface area contributed by atoms with E-state index in [0.29, 0.717) is 0 Å². The van der Waals surface area contributed by atoms with Gasteiger partial charge in [0, 0.05) is 0 Å². The van der Waals surface area contributed by atoms with Crippen molar-refractivity contribution in [2.45, 2.75) is 50.3 Å². The number of aliphatic hydroxyl groups is 2. The first-order chi connectivity index (χ1) is 11.8. The number of benzene rings is 1. The highest BCUT2D eigenvalue weighted by molar-refractivity contribution is 7.80. The second-order valence-corrected chi connectivity index (χ2v) is 6.83. The van der Waals surface area contributed by atoms with Crippen molar-refractivity contribution in [3.05, 3.63) is 30.1 Å². The van der Waals surface area contributed by atoms with E-state index < -0.39 is 48.9 Å². The van der Waals surface area contributed by atoms with Gasteiger partial charge in [0.05, 0.1) is 18.3 Å². The van der Waals surface area contributed by atoms with Gasteiger partial charge in [-0.1, -0.05) is 12.1 Å². The number of hydrogen-bond acceptors (Lipinski definition) is 6. The van der Waals surface area contributed by atoms with E-state index in [1.54, 1.807) is 32.0 Å². The average molecular weight is 372 g/mol. The van der Waals surface area contributed by atoms with E-state index in [1.165, 1.54) is 6.07 Å². The minimum atomic E-state index is -1.14. The number of halogens is 1. The van der Waals surface area contributed by atoms with Crippen LogP contribution in [0.2, 0.25) is 0 Å². The number of fused-ring (bicyclic) bond motifs is 1. The Labute approximate surface area is 150 Å². The fraction of sp³-hybridized carbons (Fsp3) is 0.562. The molecule has 2 fully saturated rings. The predicted molar refractivity (Wildman–Crippen MR) is 91.3 cm³/mol. The maximum atomic E-state index is 13.7. The number of thiocarbonyl (C=S) groups is 1. The number of rotatable bonds is 4. The molecule has 4 N–H and O–H groups in total. The molecule has 9 heteroatoms. The maximum absolute atomic E-state index is 13.7. The number of hydrogen-bond donors (Lipinski definition) is 4. The monoisotopic (exact) mass is 372 g/mol. The Morgan fingerprint density at radius 3 is 2.76 bits per heavy atom. The van der Waals surface area contributed by atoms with Gasteiger partial charge in [-0.25, -0.2) is 4.39 Å². The molecule has 0 aromatic heterocycles. The van der Waals surface area contributed by atoms with Gasteiger partial charge < -0.3 is 35.1 Å². The van der Waals surface area contributed by atoms with Gasteiger partial charge in [-0.15, -0.1) is 0 Å². The Hall–Kier alpha value is -1.36. The molecule has 1 aromatic carbocycles. The Balaban J connectivity index is 1.72. The molecule has 3 rings (SSSR count). The van der Waals surface area contributed by atoms with Crippen molar-refractivity contribution >= 4 is 23.0 Å². The summed E-state index contributed by atoms with van der Waals surface area (Å²) >= 11 is 5.24. The molecule has 138 valence electrons. The summed E-state index contributed by atoms with van der Waals surface area (Å²) in [4.78, 5) is 0. The Bertz CT molecular complexity index is 647. The lowest BCUT2D eigenvalue weighted by Crippen LogP contribution is -2.53. The van der Waals surface area contributed by atoms with Crippen LogP contribution in [0.5, 0.6) is 0 Å². The summed E-state index contributed by atoms with van der Waals surface area (Å²) in [5, 5.41) is 25.1. The molecule has 2 heterocycles. The number of ether oxygens (including phenoxy) is 3. The van der Waals surface area contributed by atoms with E-state index >= 15 is 0 Å². The van der Waals surface area contributed by atoms with Crippen LogP contribution in [-0.2, 0) is 14.2 Å². The molecule has 5 atom stereocenters. The molecule has 2 aliphatic heterocycles. The maximum Gasteiger partial charge on any atom is 0.189 e. The molecule has 25 heavy (non-hydrogen) atoms. The molecule has 0 radical (unpaired) electrons. The highest BCUT2D eigenvalue weighted by atomic mass is 32.1. The summed E-state index contributed by atoms with van der Waals surface area (Å²) in [7, 11) is 0. The standard InChI is InChI=1S/C16H21FN2O5S/c1-16(2)23-13-11(12(10(21)7-20)22-14(13)24-16)19-15(25)18-9-6-4-3-5-8(9)17/h3-6,10-14,20-21H,7H2,1-2H3,(H2,18,19,25)/t10-,11+,12-,13-,14-/m1/s1. The molecule has 2 saturated heterocycles. The van der Waals surface area contributed by atoms with E-state index in [0.717, 1.165) is 0 Å². The largest absolute Gasteiger partial charge is 0.394 e. The van der Waals surface area contributed by atoms with Crippen LogP contribution in [-0.4, -0.2) is 58.4 Å². The van der Waals surface area contributed by atoms with Crippen molar-refractivity contribution in [2.75, 3.05) is 11.9 Å². The topological polar surface area (TPSA) is 92.2 Å². The van der Waals surface area contributed by atoms with E-state index in [4.69, 9.17) is 26.4 Å². The lowest BCUT2D eigenvalue weighted by molar-refractivity contribution is -0.218. The zero-order valence-electron chi connectivity index (χ0n) is 13.8. The van der Waals surface area contributed by atoms with Crippen LogP contribution in [0.15, 0.2) is 24.3 Å². The molecule has 0 amide bonds. The van der Waals surface area contributed by atoms with Gasteiger partial charge in [0.2, 0.25) is 0 Å². The van der Waals surface area contributed by atoms with Crippen LogP contribution in [0.4, 0.5) is 10.1 Å². The van der Waals surface area contributed by atoms with Crippen molar-refractivity contribution in [3.63, 3.8) is 0 Å². The highest BCUT2D eigenvalue weighted by Gasteiger charge is 2.56. The van der Waals surface area contributed by atoms with Crippen LogP contribution in [0, 0.1) is 5.82 Å². The van der Waals surface area contributed by atoms with Crippen molar-refractivity contribution in [2.24, 2.45) is 0 Å². The van der Waals surface area contributed by atoms with E-state index in [2.05, 4.69) is 10.6 Å². The third kappa shape index (κ3) is 3.91. The van der Waals surface area contributed by atoms with Crippen molar-refractivity contribution in [1.82, 2.24) is 5.32 Å². The fourth-order valence-corrected chi connectivity index (χ4v) is 3.25. The van der Waals surface area contributed by atoms with Crippen LogP contribution in [0.1, 0.15) is 13.8 Å². The minimum absolute atomic E-state index is 0.141. The molecular formula is C16H21FN2O5S. The van der Waals surface area contributed by atoms with E-state index in [1.807, 2.05) is 0 Å². The zero-order valence-corrected chi connectivity index (χ0v) is 14.6. The summed E-state index contributed by atoms with van der Waals surface area (Å²) in [5.74, 6) is -1.29. The summed E-state index contributed by atoms with van der Waals surface area (Å²) < 4.78 is 30.9. The van der Waals surface area contributed by atoms with Gasteiger partial charge in [-0.3, -0.25) is 0 Å². The quantitative estimate of drug-likeness (QED) is 0.575. The Kier molecular flexibility index (Phi) is 5.24. The van der Waals surface area contributed by atoms with Crippen molar-refractivity contribution in [3.8, 4) is 0 Å². The minimum Gasteiger partial charge on any atom is -0.394 e. The fourth-order valence-electron chi connectivity index (χ4n) is 3.00. The molecule has 2 aliphatic rings. The molecule has 7 nitrogen and oxygen atoms in total. The molecule has 0 bridgehead atoms. The first-order valence-corrected chi connectivity index (χ1v) is 8.33. The molecule has 1 aromatic rings. The molecule has 0 saturated carbocycles. The third-order valence-electron chi connectivity index (χ3n) is 4.07. The van der Waals surface area contributed by atoms with Gasteiger partial charge in [-0.05, 0) is 38.2 Å². The Morgan fingerprint density at radius 1 is 1.36 bits per heavy atom. The van der Waals surface area contributed by atoms with Gasteiger partial charge in [0.25, 0.3) is 0 Å². The first kappa shape index (κ1) is 18.4. The summed E-state index contributed by atoms with van der Waals surface area (Å²) in [6.07, 6.45) is -3.18. The SMILES string of the molecule is CC1(C)O[C@H]2O[C@H]([C@H](O)CO)[C@H](NC(=S)Nc3ccccc3F)[C@H]2O1. The summed E-state index contributed by atoms with van der Waals surface area (Å²) in [6.45, 7) is 3.01. The van der Waals surface area contributed by atoms with Gasteiger partial charge in [0.15, 0.2) is 17.2 Å². The highest BCUT2D eigenvalue weighted by Crippen LogP contribution is 2.38. The van der Waals surface area contributed by atoms with E-state index in [-0.39, 0.29) is 10.8 Å². The lowest BCUT2D eigenvalue weighted by Gasteiger charge is -2.29. The third-order valence-corrected chi connectivity index (χ3v) is 4.29. The van der Waals surface area contributed by atoms with Crippen LogP contribution >= 0.6 is 12.2 Å². The van der Waals surface area contributed by atoms with Gasteiger partial charge >= 0.3 is 0 Å². The van der Waals surface area contributed by atoms with Crippen LogP contribution in [0.25, 0.3) is 0 Å². The van der Waals surface area contributed by atoms with Crippen molar-refractivity contribution < 1.29 is 28.8 Å². The number of para-hydroxylation sites is 1. The second kappa shape index (κ2) is 7.10. The number of nitrogens with one attached hydrogen (secondary N) is 2. The molecule has 0 unspecified atom stereocenters. The molecule has 0 aliphatic carbocycles. The molecule has 0 spiro atoms. The van der Waals surface area contributed by atoms with Crippen molar-refractivity contribution in [1.29, 1.82) is 0 Å². The smallest absolute Gasteiger partial charge is 0.189 e. The average Bonchev–Trinajstić information content (AvgIpc) is 3.02.